The summed E-state index contributed by atoms with van der Waals surface area (Å²) in [4.78, 5) is 21.4. The van der Waals surface area contributed by atoms with E-state index < -0.39 is 0 Å². The van der Waals surface area contributed by atoms with Crippen molar-refractivity contribution in [3.8, 4) is 6.07 Å². The fraction of sp³-hybridized carbons (Fsp3) is 0.353. The van der Waals surface area contributed by atoms with Crippen LogP contribution in [0, 0.1) is 11.3 Å². The predicted octanol–water partition coefficient (Wildman–Crippen LogP) is 2.84. The van der Waals surface area contributed by atoms with Gasteiger partial charge in [-0.1, -0.05) is 29.8 Å². The molecule has 7 heteroatoms. The van der Waals surface area contributed by atoms with Crippen molar-refractivity contribution in [2.75, 3.05) is 32.7 Å². The molecule has 0 atom stereocenters. The Morgan fingerprint density at radius 2 is 2.04 bits per heavy atom. The highest BCUT2D eigenvalue weighted by molar-refractivity contribution is 8.18. The fourth-order valence-electron chi connectivity index (χ4n) is 2.64. The molecule has 0 unspecified atom stereocenters. The Bertz CT molecular complexity index is 732. The molecule has 0 saturated carbocycles. The second-order valence-electron chi connectivity index (χ2n) is 5.57. The van der Waals surface area contributed by atoms with E-state index in [1.54, 1.807) is 12.1 Å². The highest BCUT2D eigenvalue weighted by atomic mass is 35.5. The first-order valence-electron chi connectivity index (χ1n) is 7.79. The van der Waals surface area contributed by atoms with Crippen LogP contribution >= 0.6 is 23.4 Å². The van der Waals surface area contributed by atoms with E-state index in [4.69, 9.17) is 16.9 Å². The number of amides is 1. The molecule has 24 heavy (non-hydrogen) atoms. The smallest absolute Gasteiger partial charge is 0.286 e. The molecule has 0 bridgehead atoms. The summed E-state index contributed by atoms with van der Waals surface area (Å²) in [5.41, 5.74) is 0.827. The number of nitrogens with zero attached hydrogens (tertiary/aromatic N) is 4. The molecule has 1 aromatic rings. The van der Waals surface area contributed by atoms with E-state index >= 15 is 0 Å². The zero-order valence-corrected chi connectivity index (χ0v) is 14.7. The maximum atomic E-state index is 12.2. The maximum Gasteiger partial charge on any atom is 0.286 e. The number of nitriles is 1. The molecule has 0 spiro atoms. The van der Waals surface area contributed by atoms with Crippen LogP contribution in [0.3, 0.4) is 0 Å². The van der Waals surface area contributed by atoms with Crippen LogP contribution in [0.15, 0.2) is 34.2 Å². The van der Waals surface area contributed by atoms with Crippen molar-refractivity contribution in [3.05, 3.63) is 39.8 Å². The maximum absolute atomic E-state index is 12.2. The van der Waals surface area contributed by atoms with Crippen LogP contribution in [0.25, 0.3) is 6.08 Å². The summed E-state index contributed by atoms with van der Waals surface area (Å²) in [7, 11) is 0. The lowest BCUT2D eigenvalue weighted by Crippen LogP contribution is -2.47. The van der Waals surface area contributed by atoms with Gasteiger partial charge in [0.1, 0.15) is 0 Å². The van der Waals surface area contributed by atoms with Crippen LogP contribution in [-0.2, 0) is 4.79 Å². The van der Waals surface area contributed by atoms with Crippen molar-refractivity contribution < 1.29 is 4.79 Å². The Balaban J connectivity index is 1.62. The number of piperazine rings is 1. The van der Waals surface area contributed by atoms with Gasteiger partial charge in [0, 0.05) is 44.2 Å². The van der Waals surface area contributed by atoms with E-state index in [1.807, 2.05) is 18.2 Å². The second-order valence-corrected chi connectivity index (χ2v) is 6.98. The van der Waals surface area contributed by atoms with E-state index in [2.05, 4.69) is 20.9 Å². The lowest BCUT2D eigenvalue weighted by atomic mass is 10.2. The number of hydrogen-bond acceptors (Lipinski definition) is 5. The third kappa shape index (κ3) is 3.99. The molecule has 2 aliphatic heterocycles. The molecule has 1 saturated heterocycles. The van der Waals surface area contributed by atoms with Crippen molar-refractivity contribution in [2.24, 2.45) is 4.99 Å². The van der Waals surface area contributed by atoms with Gasteiger partial charge in [-0.25, -0.2) is 0 Å². The van der Waals surface area contributed by atoms with Gasteiger partial charge in [0.2, 0.25) is 0 Å². The normalized spacial score (nSPS) is 20.3. The van der Waals surface area contributed by atoms with E-state index in [1.165, 1.54) is 11.8 Å². The average molecular weight is 361 g/mol. The number of carbonyl (C=O) groups is 1. The van der Waals surface area contributed by atoms with Crippen LogP contribution in [-0.4, -0.2) is 53.6 Å². The minimum Gasteiger partial charge on any atom is -0.348 e. The Labute approximate surface area is 150 Å². The minimum atomic E-state index is -0.207. The van der Waals surface area contributed by atoms with Gasteiger partial charge < -0.3 is 4.90 Å². The third-order valence-electron chi connectivity index (χ3n) is 3.98. The van der Waals surface area contributed by atoms with Gasteiger partial charge in [0.15, 0.2) is 5.17 Å². The van der Waals surface area contributed by atoms with Gasteiger partial charge in [0.05, 0.1) is 11.0 Å². The van der Waals surface area contributed by atoms with Crippen molar-refractivity contribution in [1.82, 2.24) is 9.80 Å². The highest BCUT2D eigenvalue weighted by Gasteiger charge is 2.28. The molecule has 2 heterocycles. The number of thioether (sulfide) groups is 1. The second kappa shape index (κ2) is 7.84. The summed E-state index contributed by atoms with van der Waals surface area (Å²) in [6.45, 7) is 4.23. The van der Waals surface area contributed by atoms with E-state index in [-0.39, 0.29) is 5.91 Å². The molecule has 0 radical (unpaired) electrons. The Morgan fingerprint density at radius 1 is 1.29 bits per heavy atom. The third-order valence-corrected chi connectivity index (χ3v) is 5.37. The molecule has 124 valence electrons. The van der Waals surface area contributed by atoms with Crippen LogP contribution in [0.4, 0.5) is 0 Å². The predicted molar refractivity (Wildman–Crippen MR) is 97.7 cm³/mol. The largest absolute Gasteiger partial charge is 0.348 e. The zero-order chi connectivity index (χ0) is 16.9. The van der Waals surface area contributed by atoms with Gasteiger partial charge in [-0.2, -0.15) is 10.3 Å². The molecule has 0 N–H and O–H groups in total. The van der Waals surface area contributed by atoms with Gasteiger partial charge in [-0.05, 0) is 29.5 Å². The van der Waals surface area contributed by atoms with Crippen LogP contribution in [0.2, 0.25) is 5.02 Å². The van der Waals surface area contributed by atoms with Crippen LogP contribution in [0.1, 0.15) is 12.0 Å². The number of hydrogen-bond donors (Lipinski definition) is 0. The summed E-state index contributed by atoms with van der Waals surface area (Å²) in [5.74, 6) is -0.207. The number of halogens is 1. The fourth-order valence-corrected chi connectivity index (χ4v) is 3.78. The summed E-state index contributed by atoms with van der Waals surface area (Å²) in [6, 6.07) is 9.62. The lowest BCUT2D eigenvalue weighted by molar-refractivity contribution is -0.113. The SMILES string of the molecule is N#CCCN1CCN(C2=NC(=O)/C(=C\c3ccccc3Cl)S2)CC1. The van der Waals surface area contributed by atoms with Crippen LogP contribution < -0.4 is 0 Å². The number of carbonyl (C=O) groups excluding carboxylic acids is 1. The number of amidine groups is 1. The molecule has 1 aromatic carbocycles. The molecule has 1 fully saturated rings. The minimum absolute atomic E-state index is 0.207. The quantitative estimate of drug-likeness (QED) is 0.776. The monoisotopic (exact) mass is 360 g/mol. The summed E-state index contributed by atoms with van der Waals surface area (Å²) >= 11 is 7.56. The van der Waals surface area contributed by atoms with Gasteiger partial charge in [-0.3, -0.25) is 9.69 Å². The molecule has 3 rings (SSSR count). The van der Waals surface area contributed by atoms with Crippen molar-refractivity contribution >= 4 is 40.5 Å². The first-order chi connectivity index (χ1) is 11.7. The Hall–Kier alpha value is -1.81. The molecular formula is C17H17ClN4OS. The van der Waals surface area contributed by atoms with Crippen molar-refractivity contribution in [1.29, 1.82) is 5.26 Å². The van der Waals surface area contributed by atoms with E-state index in [0.717, 1.165) is 43.5 Å². The standard InChI is InChI=1S/C17H17ClN4OS/c18-14-5-2-1-4-13(14)12-15-16(23)20-17(24-15)22-10-8-21(9-11-22)7-3-6-19/h1-2,4-5,12H,3,7-11H2/b15-12+. The van der Waals surface area contributed by atoms with Crippen molar-refractivity contribution in [2.45, 2.75) is 6.42 Å². The molecule has 1 amide bonds. The van der Waals surface area contributed by atoms with E-state index in [9.17, 15) is 4.79 Å². The number of rotatable bonds is 3. The van der Waals surface area contributed by atoms with Crippen molar-refractivity contribution in [3.63, 3.8) is 0 Å². The summed E-state index contributed by atoms with van der Waals surface area (Å²) in [5, 5.41) is 10.0. The summed E-state index contributed by atoms with van der Waals surface area (Å²) < 4.78 is 0. The highest BCUT2D eigenvalue weighted by Crippen LogP contribution is 2.32. The number of aliphatic imine (C=N–C) groups is 1. The van der Waals surface area contributed by atoms with Gasteiger partial charge in [0.25, 0.3) is 5.91 Å². The first kappa shape index (κ1) is 17.0. The topological polar surface area (TPSA) is 59.7 Å². The molecular weight excluding hydrogens is 344 g/mol. The molecule has 0 aliphatic carbocycles. The van der Waals surface area contributed by atoms with Crippen LogP contribution in [0.5, 0.6) is 0 Å². The Morgan fingerprint density at radius 3 is 2.75 bits per heavy atom. The first-order valence-corrected chi connectivity index (χ1v) is 8.98. The Kier molecular flexibility index (Phi) is 5.56. The summed E-state index contributed by atoms with van der Waals surface area (Å²) in [6.07, 6.45) is 2.36. The molecule has 2 aliphatic rings. The van der Waals surface area contributed by atoms with Gasteiger partial charge >= 0.3 is 0 Å². The number of benzene rings is 1. The van der Waals surface area contributed by atoms with Gasteiger partial charge in [-0.15, -0.1) is 0 Å². The lowest BCUT2D eigenvalue weighted by Gasteiger charge is -2.34. The molecule has 0 aromatic heterocycles. The zero-order valence-electron chi connectivity index (χ0n) is 13.1. The average Bonchev–Trinajstić information content (AvgIpc) is 2.96. The molecule has 5 nitrogen and oxygen atoms in total. The van der Waals surface area contributed by atoms with E-state index in [0.29, 0.717) is 16.3 Å².